The van der Waals surface area contributed by atoms with Crippen LogP contribution in [0, 0.1) is 0 Å². The summed E-state index contributed by atoms with van der Waals surface area (Å²) in [5.41, 5.74) is 1.03. The van der Waals surface area contributed by atoms with Crippen molar-refractivity contribution >= 4 is 44.8 Å². The van der Waals surface area contributed by atoms with E-state index in [1.807, 2.05) is 18.2 Å². The van der Waals surface area contributed by atoms with Gasteiger partial charge in [0.15, 0.2) is 5.15 Å². The third-order valence-corrected chi connectivity index (χ3v) is 5.62. The fourth-order valence-corrected chi connectivity index (χ4v) is 4.13. The molecule has 1 aromatic carbocycles. The van der Waals surface area contributed by atoms with Crippen LogP contribution in [-0.4, -0.2) is 9.55 Å². The summed E-state index contributed by atoms with van der Waals surface area (Å²) in [7, 11) is 0. The minimum Gasteiger partial charge on any atom is -0.258 e. The van der Waals surface area contributed by atoms with Gasteiger partial charge in [-0.15, -0.1) is 11.3 Å². The van der Waals surface area contributed by atoms with E-state index in [2.05, 4.69) is 11.1 Å². The minimum atomic E-state index is -0.402. The Morgan fingerprint density at radius 1 is 1.24 bits per heavy atom. The van der Waals surface area contributed by atoms with Gasteiger partial charge in [0, 0.05) is 4.88 Å². The Labute approximate surface area is 134 Å². The van der Waals surface area contributed by atoms with Crippen LogP contribution >= 0.6 is 34.5 Å². The number of aromatic nitrogens is 2. The fourth-order valence-electron chi connectivity index (χ4n) is 2.44. The summed E-state index contributed by atoms with van der Waals surface area (Å²) in [5, 5.41) is 0.791. The molecule has 0 aliphatic heterocycles. The molecule has 0 atom stereocenters. The van der Waals surface area contributed by atoms with Gasteiger partial charge in [0.25, 0.3) is 0 Å². The second kappa shape index (κ2) is 4.83. The van der Waals surface area contributed by atoms with Crippen LogP contribution in [0.5, 0.6) is 0 Å². The largest absolute Gasteiger partial charge is 0.354 e. The average molecular weight is 337 g/mol. The van der Waals surface area contributed by atoms with Crippen molar-refractivity contribution in [3.63, 3.8) is 0 Å². The zero-order valence-electron chi connectivity index (χ0n) is 10.8. The molecule has 0 radical (unpaired) electrons. The summed E-state index contributed by atoms with van der Waals surface area (Å²) in [6.45, 7) is 0. The van der Waals surface area contributed by atoms with Crippen molar-refractivity contribution in [1.29, 1.82) is 0 Å². The Hall–Kier alpha value is -1.36. The van der Waals surface area contributed by atoms with Gasteiger partial charge in [0.2, 0.25) is 0 Å². The molecule has 2 heterocycles. The molecule has 0 bridgehead atoms. The van der Waals surface area contributed by atoms with E-state index < -0.39 is 5.69 Å². The molecular formula is C15H10Cl2N2OS. The van der Waals surface area contributed by atoms with E-state index in [-0.39, 0.29) is 5.15 Å². The molecule has 3 aromatic rings. The van der Waals surface area contributed by atoms with Gasteiger partial charge in [-0.05, 0) is 37.0 Å². The van der Waals surface area contributed by atoms with Crippen molar-refractivity contribution in [1.82, 2.24) is 9.55 Å². The van der Waals surface area contributed by atoms with Crippen LogP contribution in [0.1, 0.15) is 23.6 Å². The molecule has 21 heavy (non-hydrogen) atoms. The van der Waals surface area contributed by atoms with Crippen molar-refractivity contribution in [3.8, 4) is 5.69 Å². The smallest absolute Gasteiger partial charge is 0.258 e. The zero-order valence-corrected chi connectivity index (χ0v) is 13.2. The van der Waals surface area contributed by atoms with Crippen LogP contribution in [0.4, 0.5) is 0 Å². The van der Waals surface area contributed by atoms with Crippen molar-refractivity contribution in [2.24, 2.45) is 0 Å². The Morgan fingerprint density at radius 3 is 2.71 bits per heavy atom. The van der Waals surface area contributed by atoms with Gasteiger partial charge in [-0.2, -0.15) is 4.98 Å². The molecule has 3 nitrogen and oxygen atoms in total. The first-order valence-electron chi connectivity index (χ1n) is 6.62. The summed E-state index contributed by atoms with van der Waals surface area (Å²) >= 11 is 14.0. The Kier molecular flexibility index (Phi) is 3.06. The number of rotatable bonds is 2. The van der Waals surface area contributed by atoms with Crippen molar-refractivity contribution < 1.29 is 0 Å². The number of benzene rings is 1. The van der Waals surface area contributed by atoms with Gasteiger partial charge < -0.3 is 0 Å². The molecule has 4 rings (SSSR count). The SMILES string of the molecule is O=c1nc(Cl)c2sc(C3CC3)cc2n1-c1ccccc1Cl. The maximum absolute atomic E-state index is 12.3. The first-order valence-corrected chi connectivity index (χ1v) is 8.19. The van der Waals surface area contributed by atoms with Gasteiger partial charge in [0.1, 0.15) is 0 Å². The molecule has 0 spiro atoms. The van der Waals surface area contributed by atoms with Gasteiger partial charge in [-0.25, -0.2) is 4.79 Å². The molecule has 106 valence electrons. The summed E-state index contributed by atoms with van der Waals surface area (Å²) in [6, 6.07) is 9.31. The summed E-state index contributed by atoms with van der Waals surface area (Å²) < 4.78 is 2.39. The quantitative estimate of drug-likeness (QED) is 0.639. The van der Waals surface area contributed by atoms with Crippen molar-refractivity contribution in [2.75, 3.05) is 0 Å². The third kappa shape index (κ3) is 2.18. The molecular weight excluding hydrogens is 327 g/mol. The number of hydrogen-bond acceptors (Lipinski definition) is 3. The highest BCUT2D eigenvalue weighted by atomic mass is 35.5. The van der Waals surface area contributed by atoms with Crippen LogP contribution < -0.4 is 5.69 Å². The van der Waals surface area contributed by atoms with Gasteiger partial charge >= 0.3 is 5.69 Å². The highest BCUT2D eigenvalue weighted by Crippen LogP contribution is 2.46. The maximum Gasteiger partial charge on any atom is 0.354 e. The number of hydrogen-bond donors (Lipinski definition) is 0. The van der Waals surface area contributed by atoms with E-state index in [4.69, 9.17) is 23.2 Å². The van der Waals surface area contributed by atoms with E-state index in [0.717, 1.165) is 10.2 Å². The lowest BCUT2D eigenvalue weighted by molar-refractivity contribution is 0.962. The summed E-state index contributed by atoms with van der Waals surface area (Å²) in [4.78, 5) is 17.5. The van der Waals surface area contributed by atoms with E-state index in [9.17, 15) is 4.79 Å². The molecule has 1 saturated carbocycles. The normalized spacial score (nSPS) is 14.8. The average Bonchev–Trinajstić information content (AvgIpc) is 3.20. The molecule has 0 saturated heterocycles. The number of fused-ring (bicyclic) bond motifs is 1. The molecule has 0 N–H and O–H groups in total. The Morgan fingerprint density at radius 2 is 2.00 bits per heavy atom. The molecule has 0 unspecified atom stereocenters. The number of para-hydroxylation sites is 1. The lowest BCUT2D eigenvalue weighted by Gasteiger charge is -2.09. The molecule has 0 amide bonds. The first kappa shape index (κ1) is 13.3. The van der Waals surface area contributed by atoms with Gasteiger partial charge in [0.05, 0.1) is 20.9 Å². The highest BCUT2D eigenvalue weighted by Gasteiger charge is 2.27. The van der Waals surface area contributed by atoms with E-state index in [1.165, 1.54) is 17.7 Å². The molecule has 1 aliphatic carbocycles. The fraction of sp³-hybridized carbons (Fsp3) is 0.200. The monoisotopic (exact) mass is 336 g/mol. The Bertz CT molecular complexity index is 912. The molecule has 6 heteroatoms. The summed E-state index contributed by atoms with van der Waals surface area (Å²) in [6.07, 6.45) is 2.41. The molecule has 1 aliphatic rings. The second-order valence-electron chi connectivity index (χ2n) is 5.11. The minimum absolute atomic E-state index is 0.273. The van der Waals surface area contributed by atoms with Crippen LogP contribution in [0.15, 0.2) is 35.1 Å². The van der Waals surface area contributed by atoms with Gasteiger partial charge in [-0.1, -0.05) is 35.3 Å². The summed E-state index contributed by atoms with van der Waals surface area (Å²) in [5.74, 6) is 0.605. The van der Waals surface area contributed by atoms with E-state index >= 15 is 0 Å². The van der Waals surface area contributed by atoms with Crippen LogP contribution in [0.2, 0.25) is 10.2 Å². The van der Waals surface area contributed by atoms with Crippen LogP contribution in [-0.2, 0) is 0 Å². The van der Waals surface area contributed by atoms with Crippen LogP contribution in [0.25, 0.3) is 15.9 Å². The van der Waals surface area contributed by atoms with E-state index in [1.54, 1.807) is 22.0 Å². The predicted octanol–water partition coefficient (Wildman–Crippen LogP) is 4.63. The zero-order chi connectivity index (χ0) is 14.6. The van der Waals surface area contributed by atoms with Crippen molar-refractivity contribution in [3.05, 3.63) is 55.9 Å². The number of thiophene rings is 1. The topological polar surface area (TPSA) is 34.9 Å². The maximum atomic E-state index is 12.3. The standard InChI is InChI=1S/C15H10Cl2N2OS/c16-9-3-1-2-4-10(9)19-11-7-12(8-5-6-8)21-13(11)14(17)18-15(19)20/h1-4,7-8H,5-6H2. The number of halogens is 2. The lowest BCUT2D eigenvalue weighted by atomic mass is 10.3. The Balaban J connectivity index is 2.08. The lowest BCUT2D eigenvalue weighted by Crippen LogP contribution is -2.21. The van der Waals surface area contributed by atoms with E-state index in [0.29, 0.717) is 16.6 Å². The molecule has 2 aromatic heterocycles. The second-order valence-corrected chi connectivity index (χ2v) is 6.96. The first-order chi connectivity index (χ1) is 10.1. The predicted molar refractivity (Wildman–Crippen MR) is 87.2 cm³/mol. The third-order valence-electron chi connectivity index (χ3n) is 3.62. The number of nitrogens with zero attached hydrogens (tertiary/aromatic N) is 2. The van der Waals surface area contributed by atoms with Crippen molar-refractivity contribution in [2.45, 2.75) is 18.8 Å². The van der Waals surface area contributed by atoms with Crippen LogP contribution in [0.3, 0.4) is 0 Å². The van der Waals surface area contributed by atoms with Gasteiger partial charge in [-0.3, -0.25) is 4.57 Å². The highest BCUT2D eigenvalue weighted by molar-refractivity contribution is 7.19. The molecule has 1 fully saturated rings.